The maximum Gasteiger partial charge on any atom is 0.0451 e. The molecule has 1 spiro atoms. The van der Waals surface area contributed by atoms with Gasteiger partial charge in [-0.05, 0) is 55.5 Å². The van der Waals surface area contributed by atoms with Gasteiger partial charge in [0.1, 0.15) is 0 Å². The van der Waals surface area contributed by atoms with E-state index in [1.54, 1.807) is 0 Å². The van der Waals surface area contributed by atoms with E-state index in [9.17, 15) is 0 Å². The van der Waals surface area contributed by atoms with Crippen LogP contribution >= 0.6 is 0 Å². The Labute approximate surface area is 120 Å². The molecule has 2 fully saturated rings. The minimum atomic E-state index is 0.701. The smallest absolute Gasteiger partial charge is 0.0451 e. The molecule has 4 rings (SSSR count). The Morgan fingerprint density at radius 3 is 2.75 bits per heavy atom. The van der Waals surface area contributed by atoms with E-state index in [0.717, 1.165) is 12.2 Å². The highest BCUT2D eigenvalue weighted by atomic mass is 15.1. The Morgan fingerprint density at radius 2 is 1.95 bits per heavy atom. The molecule has 1 aromatic heterocycles. The van der Waals surface area contributed by atoms with Crippen LogP contribution in [-0.2, 0) is 6.54 Å². The summed E-state index contributed by atoms with van der Waals surface area (Å²) in [5, 5.41) is 2.69. The Balaban J connectivity index is 1.64. The van der Waals surface area contributed by atoms with Crippen LogP contribution < -0.4 is 0 Å². The molecule has 1 aromatic carbocycles. The highest BCUT2D eigenvalue weighted by Gasteiger charge is 2.45. The molecule has 2 aromatic rings. The summed E-state index contributed by atoms with van der Waals surface area (Å²) in [6, 6.07) is 8.70. The van der Waals surface area contributed by atoms with E-state index in [-0.39, 0.29) is 0 Å². The Kier molecular flexibility index (Phi) is 2.81. The summed E-state index contributed by atoms with van der Waals surface area (Å²) in [5.74, 6) is 0. The molecule has 2 nitrogen and oxygen atoms in total. The number of pyridine rings is 1. The lowest BCUT2D eigenvalue weighted by Crippen LogP contribution is -2.35. The fourth-order valence-corrected chi connectivity index (χ4v) is 3.79. The molecule has 2 aliphatic rings. The van der Waals surface area contributed by atoms with Gasteiger partial charge in [0, 0.05) is 30.4 Å². The number of aryl methyl sites for hydroxylation is 1. The molecule has 2 heterocycles. The first-order chi connectivity index (χ1) is 9.76. The number of aromatic nitrogens is 1. The zero-order valence-electron chi connectivity index (χ0n) is 12.2. The number of hydrogen-bond donors (Lipinski definition) is 0. The van der Waals surface area contributed by atoms with Crippen LogP contribution in [0.5, 0.6) is 0 Å². The second kappa shape index (κ2) is 4.56. The molecule has 1 aliphatic carbocycles. The van der Waals surface area contributed by atoms with Crippen molar-refractivity contribution in [1.29, 1.82) is 0 Å². The predicted molar refractivity (Wildman–Crippen MR) is 82.7 cm³/mol. The molecule has 104 valence electrons. The number of rotatable bonds is 2. The summed E-state index contributed by atoms with van der Waals surface area (Å²) in [6.45, 7) is 5.72. The normalized spacial score (nSPS) is 21.4. The maximum absolute atomic E-state index is 4.60. The highest BCUT2D eigenvalue weighted by Crippen LogP contribution is 2.52. The van der Waals surface area contributed by atoms with E-state index in [0.29, 0.717) is 5.41 Å². The first-order valence-electron chi connectivity index (χ1n) is 7.81. The van der Waals surface area contributed by atoms with Crippen LogP contribution in [0.4, 0.5) is 0 Å². The van der Waals surface area contributed by atoms with Crippen LogP contribution in [0, 0.1) is 12.3 Å². The minimum absolute atomic E-state index is 0.701. The van der Waals surface area contributed by atoms with Crippen LogP contribution in [0.25, 0.3) is 10.8 Å². The second-order valence-corrected chi connectivity index (χ2v) is 6.73. The van der Waals surface area contributed by atoms with Crippen LogP contribution in [0.1, 0.15) is 36.9 Å². The van der Waals surface area contributed by atoms with E-state index >= 15 is 0 Å². The van der Waals surface area contributed by atoms with Crippen molar-refractivity contribution in [3.05, 3.63) is 41.7 Å². The van der Waals surface area contributed by atoms with Gasteiger partial charge in [-0.15, -0.1) is 0 Å². The molecule has 0 bridgehead atoms. The summed E-state index contributed by atoms with van der Waals surface area (Å²) in [4.78, 5) is 7.25. The number of fused-ring (bicyclic) bond motifs is 1. The molecule has 0 amide bonds. The standard InChI is InChI=1S/C18H22N2/c1-14-16-5-2-3-6-17(16)15(11-19-14)12-20-10-4-7-18(13-20)8-9-18/h2-3,5-6,11H,4,7-10,12-13H2,1H3. The Hall–Kier alpha value is -1.41. The molecule has 1 saturated heterocycles. The molecule has 2 heteroatoms. The fourth-order valence-electron chi connectivity index (χ4n) is 3.79. The van der Waals surface area contributed by atoms with Crippen molar-refractivity contribution in [2.45, 2.75) is 39.2 Å². The lowest BCUT2D eigenvalue weighted by molar-refractivity contribution is 0.154. The van der Waals surface area contributed by atoms with Crippen LogP contribution in [0.2, 0.25) is 0 Å². The van der Waals surface area contributed by atoms with Gasteiger partial charge in [-0.3, -0.25) is 9.88 Å². The third-order valence-corrected chi connectivity index (χ3v) is 5.17. The van der Waals surface area contributed by atoms with Gasteiger partial charge in [0.2, 0.25) is 0 Å². The lowest BCUT2D eigenvalue weighted by atomic mass is 9.94. The van der Waals surface area contributed by atoms with Crippen molar-refractivity contribution >= 4 is 10.8 Å². The van der Waals surface area contributed by atoms with E-state index in [1.807, 2.05) is 0 Å². The monoisotopic (exact) mass is 266 g/mol. The van der Waals surface area contributed by atoms with Crippen molar-refractivity contribution in [1.82, 2.24) is 9.88 Å². The number of likely N-dealkylation sites (tertiary alicyclic amines) is 1. The van der Waals surface area contributed by atoms with Gasteiger partial charge in [-0.25, -0.2) is 0 Å². The summed E-state index contributed by atoms with van der Waals surface area (Å²) in [5.41, 5.74) is 3.23. The van der Waals surface area contributed by atoms with Crippen molar-refractivity contribution in [3.63, 3.8) is 0 Å². The van der Waals surface area contributed by atoms with E-state index in [4.69, 9.17) is 0 Å². The van der Waals surface area contributed by atoms with Crippen molar-refractivity contribution < 1.29 is 0 Å². The van der Waals surface area contributed by atoms with E-state index < -0.39 is 0 Å². The lowest BCUT2D eigenvalue weighted by Gasteiger charge is -2.33. The number of hydrogen-bond acceptors (Lipinski definition) is 2. The molecular weight excluding hydrogens is 244 g/mol. The molecule has 0 atom stereocenters. The first kappa shape index (κ1) is 12.3. The van der Waals surface area contributed by atoms with Crippen molar-refractivity contribution in [2.24, 2.45) is 5.41 Å². The fraction of sp³-hybridized carbons (Fsp3) is 0.500. The van der Waals surface area contributed by atoms with Crippen LogP contribution in [-0.4, -0.2) is 23.0 Å². The average Bonchev–Trinajstić information content (AvgIpc) is 3.21. The highest BCUT2D eigenvalue weighted by molar-refractivity contribution is 5.87. The van der Waals surface area contributed by atoms with Crippen molar-refractivity contribution in [3.8, 4) is 0 Å². The summed E-state index contributed by atoms with van der Waals surface area (Å²) in [7, 11) is 0. The number of nitrogens with zero attached hydrogens (tertiary/aromatic N) is 2. The molecule has 0 unspecified atom stereocenters. The van der Waals surface area contributed by atoms with Gasteiger partial charge < -0.3 is 0 Å². The Bertz CT molecular complexity index is 643. The SMILES string of the molecule is Cc1ncc(CN2CCCC3(CC3)C2)c2ccccc12. The van der Waals surface area contributed by atoms with Gasteiger partial charge in [0.15, 0.2) is 0 Å². The molecule has 1 saturated carbocycles. The maximum atomic E-state index is 4.60. The van der Waals surface area contributed by atoms with Crippen molar-refractivity contribution in [2.75, 3.05) is 13.1 Å². The van der Waals surface area contributed by atoms with Gasteiger partial charge >= 0.3 is 0 Å². The molecule has 1 aliphatic heterocycles. The average molecular weight is 266 g/mol. The quantitative estimate of drug-likeness (QED) is 0.819. The zero-order chi connectivity index (χ0) is 13.6. The summed E-state index contributed by atoms with van der Waals surface area (Å²) < 4.78 is 0. The molecule has 20 heavy (non-hydrogen) atoms. The van der Waals surface area contributed by atoms with Crippen LogP contribution in [0.15, 0.2) is 30.5 Å². The third-order valence-electron chi connectivity index (χ3n) is 5.17. The van der Waals surface area contributed by atoms with E-state index in [2.05, 4.69) is 47.3 Å². The van der Waals surface area contributed by atoms with Gasteiger partial charge in [0.05, 0.1) is 0 Å². The third kappa shape index (κ3) is 2.12. The number of benzene rings is 1. The predicted octanol–water partition coefficient (Wildman–Crippen LogP) is 3.92. The summed E-state index contributed by atoms with van der Waals surface area (Å²) in [6.07, 6.45) is 7.83. The molecular formula is C18H22N2. The topological polar surface area (TPSA) is 16.1 Å². The molecule has 0 radical (unpaired) electrons. The van der Waals surface area contributed by atoms with Gasteiger partial charge in [-0.1, -0.05) is 24.3 Å². The Morgan fingerprint density at radius 1 is 1.15 bits per heavy atom. The summed E-state index contributed by atoms with van der Waals surface area (Å²) >= 11 is 0. The minimum Gasteiger partial charge on any atom is -0.298 e. The van der Waals surface area contributed by atoms with E-state index in [1.165, 1.54) is 55.1 Å². The number of piperidine rings is 1. The molecule has 0 N–H and O–H groups in total. The van der Waals surface area contributed by atoms with Gasteiger partial charge in [-0.2, -0.15) is 0 Å². The first-order valence-corrected chi connectivity index (χ1v) is 7.81. The van der Waals surface area contributed by atoms with Gasteiger partial charge in [0.25, 0.3) is 0 Å². The zero-order valence-corrected chi connectivity index (χ0v) is 12.2. The largest absolute Gasteiger partial charge is 0.298 e. The second-order valence-electron chi connectivity index (χ2n) is 6.73. The van der Waals surface area contributed by atoms with Crippen LogP contribution in [0.3, 0.4) is 0 Å².